The Morgan fingerprint density at radius 2 is 2.12 bits per heavy atom. The summed E-state index contributed by atoms with van der Waals surface area (Å²) in [5, 5.41) is 12.4. The van der Waals surface area contributed by atoms with Crippen molar-refractivity contribution in [1.29, 1.82) is 0 Å². The first-order valence-corrected chi connectivity index (χ1v) is 5.07. The number of benzene rings is 1. The minimum atomic E-state index is -0.898. The van der Waals surface area contributed by atoms with E-state index in [9.17, 15) is 4.79 Å². The molecule has 0 spiro atoms. The lowest BCUT2D eigenvalue weighted by atomic mass is 10.0. The van der Waals surface area contributed by atoms with E-state index in [0.29, 0.717) is 18.5 Å². The summed E-state index contributed by atoms with van der Waals surface area (Å²) >= 11 is 0. The number of carboxylic acid groups (broad SMARTS) is 1. The molecule has 0 bridgehead atoms. The Bertz CT molecular complexity index is 411. The molecule has 16 heavy (non-hydrogen) atoms. The molecule has 0 aliphatic carbocycles. The van der Waals surface area contributed by atoms with Crippen molar-refractivity contribution in [3.63, 3.8) is 0 Å². The predicted octanol–water partition coefficient (Wildman–Crippen LogP) is 3.02. The summed E-state index contributed by atoms with van der Waals surface area (Å²) in [5.41, 5.74) is 9.26. The van der Waals surface area contributed by atoms with Crippen molar-refractivity contribution in [2.24, 2.45) is 5.11 Å². The van der Waals surface area contributed by atoms with Crippen molar-refractivity contribution in [2.45, 2.75) is 19.3 Å². The first-order chi connectivity index (χ1) is 7.75. The summed E-state index contributed by atoms with van der Waals surface area (Å²) in [4.78, 5) is 13.5. The molecule has 1 aromatic carbocycles. The molecule has 0 heterocycles. The maximum atomic E-state index is 10.9. The van der Waals surface area contributed by atoms with Crippen LogP contribution in [0.3, 0.4) is 0 Å². The number of aryl methyl sites for hydroxylation is 1. The summed E-state index contributed by atoms with van der Waals surface area (Å²) in [6.45, 7) is 0.464. The number of hydrogen-bond donors (Lipinski definition) is 1. The highest BCUT2D eigenvalue weighted by atomic mass is 16.4. The standard InChI is InChI=1S/C11H13N3O2/c12-14-13-8-4-3-6-9-5-1-2-7-10(9)11(15)16/h1-2,5,7H,3-4,6,8H2,(H,15,16). The number of azide groups is 1. The summed E-state index contributed by atoms with van der Waals surface area (Å²) < 4.78 is 0. The zero-order valence-electron chi connectivity index (χ0n) is 8.83. The topological polar surface area (TPSA) is 86.1 Å². The normalized spacial score (nSPS) is 9.50. The van der Waals surface area contributed by atoms with Gasteiger partial charge in [0.15, 0.2) is 0 Å². The maximum Gasteiger partial charge on any atom is 0.335 e. The van der Waals surface area contributed by atoms with Gasteiger partial charge in [0.25, 0.3) is 0 Å². The van der Waals surface area contributed by atoms with Gasteiger partial charge in [-0.15, -0.1) is 0 Å². The molecular weight excluding hydrogens is 206 g/mol. The molecule has 5 heteroatoms. The lowest BCUT2D eigenvalue weighted by molar-refractivity contribution is 0.0695. The molecule has 0 aromatic heterocycles. The molecule has 0 aliphatic heterocycles. The first-order valence-electron chi connectivity index (χ1n) is 5.07. The summed E-state index contributed by atoms with van der Waals surface area (Å²) in [6.07, 6.45) is 2.30. The molecule has 0 saturated heterocycles. The highest BCUT2D eigenvalue weighted by molar-refractivity contribution is 5.89. The van der Waals surface area contributed by atoms with Gasteiger partial charge in [0, 0.05) is 11.5 Å². The zero-order valence-corrected chi connectivity index (χ0v) is 8.83. The third-order valence-electron chi connectivity index (χ3n) is 2.27. The van der Waals surface area contributed by atoms with Crippen LogP contribution in [0.1, 0.15) is 28.8 Å². The van der Waals surface area contributed by atoms with Gasteiger partial charge in [0.1, 0.15) is 0 Å². The summed E-state index contributed by atoms with van der Waals surface area (Å²) in [5.74, 6) is -0.898. The van der Waals surface area contributed by atoms with Gasteiger partial charge in [-0.2, -0.15) is 0 Å². The smallest absolute Gasteiger partial charge is 0.335 e. The Hall–Kier alpha value is -2.00. The van der Waals surface area contributed by atoms with Gasteiger partial charge < -0.3 is 5.11 Å². The minimum Gasteiger partial charge on any atom is -0.478 e. The van der Waals surface area contributed by atoms with Crippen LogP contribution in [0.2, 0.25) is 0 Å². The second kappa shape index (κ2) is 6.48. The maximum absolute atomic E-state index is 10.9. The van der Waals surface area contributed by atoms with E-state index in [1.807, 2.05) is 12.1 Å². The van der Waals surface area contributed by atoms with Crippen LogP contribution in [0.5, 0.6) is 0 Å². The van der Waals surface area contributed by atoms with E-state index >= 15 is 0 Å². The fourth-order valence-electron chi connectivity index (χ4n) is 1.49. The fraction of sp³-hybridized carbons (Fsp3) is 0.364. The van der Waals surface area contributed by atoms with E-state index in [2.05, 4.69) is 10.0 Å². The average Bonchev–Trinajstić information content (AvgIpc) is 2.29. The van der Waals surface area contributed by atoms with Gasteiger partial charge in [-0.1, -0.05) is 23.3 Å². The molecule has 0 unspecified atom stereocenters. The largest absolute Gasteiger partial charge is 0.478 e. The van der Waals surface area contributed by atoms with Crippen molar-refractivity contribution < 1.29 is 9.90 Å². The second-order valence-corrected chi connectivity index (χ2v) is 3.37. The van der Waals surface area contributed by atoms with Crippen molar-refractivity contribution in [1.82, 2.24) is 0 Å². The first kappa shape index (κ1) is 12.1. The number of carbonyl (C=O) groups is 1. The lowest BCUT2D eigenvalue weighted by Gasteiger charge is -2.04. The van der Waals surface area contributed by atoms with Crippen LogP contribution in [0, 0.1) is 0 Å². The number of nitrogens with zero attached hydrogens (tertiary/aromatic N) is 3. The Balaban J connectivity index is 2.53. The van der Waals surface area contributed by atoms with Gasteiger partial charge in [0.2, 0.25) is 0 Å². The van der Waals surface area contributed by atoms with Crippen LogP contribution in [0.4, 0.5) is 0 Å². The van der Waals surface area contributed by atoms with E-state index in [1.54, 1.807) is 12.1 Å². The van der Waals surface area contributed by atoms with Crippen LogP contribution < -0.4 is 0 Å². The van der Waals surface area contributed by atoms with Gasteiger partial charge >= 0.3 is 5.97 Å². The van der Waals surface area contributed by atoms with Crippen LogP contribution in [-0.4, -0.2) is 17.6 Å². The fourth-order valence-corrected chi connectivity index (χ4v) is 1.49. The Kier molecular flexibility index (Phi) is 4.89. The molecule has 5 nitrogen and oxygen atoms in total. The number of rotatable bonds is 6. The van der Waals surface area contributed by atoms with Crippen molar-refractivity contribution >= 4 is 5.97 Å². The van der Waals surface area contributed by atoms with Crippen LogP contribution in [0.25, 0.3) is 10.4 Å². The van der Waals surface area contributed by atoms with Crippen LogP contribution in [0.15, 0.2) is 29.4 Å². The summed E-state index contributed by atoms with van der Waals surface area (Å²) in [7, 11) is 0. The number of aromatic carboxylic acids is 1. The lowest BCUT2D eigenvalue weighted by Crippen LogP contribution is -2.02. The number of hydrogen-bond acceptors (Lipinski definition) is 2. The molecule has 0 aliphatic rings. The predicted molar refractivity (Wildman–Crippen MR) is 60.4 cm³/mol. The quantitative estimate of drug-likeness (QED) is 0.345. The Morgan fingerprint density at radius 1 is 1.38 bits per heavy atom. The second-order valence-electron chi connectivity index (χ2n) is 3.37. The molecule has 1 rings (SSSR count). The van der Waals surface area contributed by atoms with E-state index in [0.717, 1.165) is 18.4 Å². The van der Waals surface area contributed by atoms with E-state index in [4.69, 9.17) is 10.6 Å². The van der Waals surface area contributed by atoms with E-state index in [1.165, 1.54) is 0 Å². The van der Waals surface area contributed by atoms with Gasteiger partial charge in [0.05, 0.1) is 5.56 Å². The molecule has 84 valence electrons. The average molecular weight is 219 g/mol. The highest BCUT2D eigenvalue weighted by Gasteiger charge is 2.07. The van der Waals surface area contributed by atoms with Crippen LogP contribution >= 0.6 is 0 Å². The summed E-state index contributed by atoms with van der Waals surface area (Å²) in [6, 6.07) is 6.96. The van der Waals surface area contributed by atoms with Gasteiger partial charge in [-0.3, -0.25) is 0 Å². The molecule has 1 N–H and O–H groups in total. The molecule has 0 amide bonds. The molecule has 0 radical (unpaired) electrons. The Morgan fingerprint density at radius 3 is 2.81 bits per heavy atom. The highest BCUT2D eigenvalue weighted by Crippen LogP contribution is 2.12. The Labute approximate surface area is 93.3 Å². The van der Waals surface area contributed by atoms with Gasteiger partial charge in [-0.05, 0) is 36.4 Å². The molecule has 0 atom stereocenters. The minimum absolute atomic E-state index is 0.353. The van der Waals surface area contributed by atoms with Crippen molar-refractivity contribution in [3.05, 3.63) is 45.8 Å². The number of unbranched alkanes of at least 4 members (excludes halogenated alkanes) is 1. The third kappa shape index (κ3) is 3.63. The number of carboxylic acids is 1. The van der Waals surface area contributed by atoms with Crippen LogP contribution in [-0.2, 0) is 6.42 Å². The van der Waals surface area contributed by atoms with E-state index in [-0.39, 0.29) is 0 Å². The van der Waals surface area contributed by atoms with Crippen molar-refractivity contribution in [2.75, 3.05) is 6.54 Å². The molecule has 0 fully saturated rings. The molecule has 1 aromatic rings. The third-order valence-corrected chi connectivity index (χ3v) is 2.27. The molecule has 0 saturated carbocycles. The van der Waals surface area contributed by atoms with Gasteiger partial charge in [-0.25, -0.2) is 4.79 Å². The SMILES string of the molecule is [N-]=[N+]=NCCCCc1ccccc1C(=O)O. The van der Waals surface area contributed by atoms with E-state index < -0.39 is 5.97 Å². The monoisotopic (exact) mass is 219 g/mol. The zero-order chi connectivity index (χ0) is 11.8. The van der Waals surface area contributed by atoms with Crippen molar-refractivity contribution in [3.8, 4) is 0 Å². The molecular formula is C11H13N3O2.